The van der Waals surface area contributed by atoms with Gasteiger partial charge in [-0.05, 0) is 18.6 Å². The quantitative estimate of drug-likeness (QED) is 0.732. The van der Waals surface area contributed by atoms with Crippen LogP contribution in [0.2, 0.25) is 0 Å². The van der Waals surface area contributed by atoms with Crippen LogP contribution in [0.15, 0.2) is 43.0 Å². The van der Waals surface area contributed by atoms with Crippen LogP contribution in [-0.2, 0) is 6.54 Å². The Morgan fingerprint density at radius 2 is 2.25 bits per heavy atom. The van der Waals surface area contributed by atoms with Crippen LogP contribution in [0, 0.1) is 0 Å². The number of para-hydroxylation sites is 1. The van der Waals surface area contributed by atoms with E-state index < -0.39 is 0 Å². The van der Waals surface area contributed by atoms with Gasteiger partial charge in [-0.15, -0.1) is 11.3 Å². The van der Waals surface area contributed by atoms with E-state index in [9.17, 15) is 4.79 Å². The Morgan fingerprint density at radius 1 is 1.35 bits per heavy atom. The van der Waals surface area contributed by atoms with E-state index in [0.717, 1.165) is 23.2 Å². The molecule has 0 saturated carbocycles. The summed E-state index contributed by atoms with van der Waals surface area (Å²) < 4.78 is 3.03. The van der Waals surface area contributed by atoms with E-state index in [1.54, 1.807) is 12.5 Å². The summed E-state index contributed by atoms with van der Waals surface area (Å²) in [5.74, 6) is -0.100. The zero-order valence-electron chi connectivity index (χ0n) is 10.8. The van der Waals surface area contributed by atoms with Gasteiger partial charge in [-0.1, -0.05) is 12.1 Å². The number of aromatic nitrogens is 3. The van der Waals surface area contributed by atoms with Crippen LogP contribution in [0.4, 0.5) is 0 Å². The number of thiazole rings is 1. The fraction of sp³-hybridized carbons (Fsp3) is 0.214. The van der Waals surface area contributed by atoms with Crippen molar-refractivity contribution in [3.8, 4) is 0 Å². The van der Waals surface area contributed by atoms with Gasteiger partial charge in [0.1, 0.15) is 0 Å². The smallest absolute Gasteiger partial charge is 0.280 e. The molecule has 1 N–H and O–H groups in total. The molecule has 0 aliphatic heterocycles. The molecule has 3 rings (SSSR count). The molecule has 0 fully saturated rings. The van der Waals surface area contributed by atoms with Crippen LogP contribution in [0.1, 0.15) is 16.2 Å². The van der Waals surface area contributed by atoms with Crippen molar-refractivity contribution in [2.45, 2.75) is 13.0 Å². The molecule has 5 nitrogen and oxygen atoms in total. The highest BCUT2D eigenvalue weighted by atomic mass is 32.1. The lowest BCUT2D eigenvalue weighted by molar-refractivity contribution is 0.0952. The molecule has 2 heterocycles. The summed E-state index contributed by atoms with van der Waals surface area (Å²) in [6.07, 6.45) is 6.30. The minimum absolute atomic E-state index is 0.100. The van der Waals surface area contributed by atoms with E-state index in [0.29, 0.717) is 11.6 Å². The Bertz CT molecular complexity index is 672. The fourth-order valence-electron chi connectivity index (χ4n) is 1.93. The van der Waals surface area contributed by atoms with Crippen molar-refractivity contribution in [2.24, 2.45) is 0 Å². The minimum atomic E-state index is -0.100. The van der Waals surface area contributed by atoms with Crippen molar-refractivity contribution in [3.05, 3.63) is 48.0 Å². The van der Waals surface area contributed by atoms with E-state index >= 15 is 0 Å². The standard InChI is InChI=1S/C14H14N4OS/c19-13(16-6-3-8-18-9-7-15-10-18)14-17-11-4-1-2-5-12(11)20-14/h1-2,4-5,7,9-10H,3,6,8H2,(H,16,19). The number of imidazole rings is 1. The number of nitrogens with one attached hydrogen (secondary N) is 1. The molecule has 1 aromatic carbocycles. The lowest BCUT2D eigenvalue weighted by Crippen LogP contribution is -2.25. The van der Waals surface area contributed by atoms with Crippen molar-refractivity contribution in [1.82, 2.24) is 19.9 Å². The van der Waals surface area contributed by atoms with Gasteiger partial charge in [-0.3, -0.25) is 4.79 Å². The van der Waals surface area contributed by atoms with E-state index in [-0.39, 0.29) is 5.91 Å². The maximum absolute atomic E-state index is 12.0. The topological polar surface area (TPSA) is 59.8 Å². The molecule has 0 aliphatic rings. The average Bonchev–Trinajstić information content (AvgIpc) is 3.12. The molecule has 0 unspecified atom stereocenters. The molecule has 1 amide bonds. The number of hydrogen-bond donors (Lipinski definition) is 1. The van der Waals surface area contributed by atoms with Crippen molar-refractivity contribution < 1.29 is 4.79 Å². The second kappa shape index (κ2) is 5.83. The number of carbonyl (C=O) groups is 1. The highest BCUT2D eigenvalue weighted by molar-refractivity contribution is 7.20. The van der Waals surface area contributed by atoms with Gasteiger partial charge in [-0.25, -0.2) is 9.97 Å². The summed E-state index contributed by atoms with van der Waals surface area (Å²) in [6.45, 7) is 1.48. The lowest BCUT2D eigenvalue weighted by atomic mass is 10.3. The summed E-state index contributed by atoms with van der Waals surface area (Å²) in [4.78, 5) is 20.3. The lowest BCUT2D eigenvalue weighted by Gasteiger charge is -2.03. The summed E-state index contributed by atoms with van der Waals surface area (Å²) in [6, 6.07) is 7.77. The van der Waals surface area contributed by atoms with Gasteiger partial charge in [0.2, 0.25) is 0 Å². The number of fused-ring (bicyclic) bond motifs is 1. The van der Waals surface area contributed by atoms with Gasteiger partial charge in [0.25, 0.3) is 5.91 Å². The van der Waals surface area contributed by atoms with Crippen molar-refractivity contribution in [2.75, 3.05) is 6.54 Å². The highest BCUT2D eigenvalue weighted by Gasteiger charge is 2.10. The second-order valence-electron chi connectivity index (χ2n) is 4.40. The predicted octanol–water partition coefficient (Wildman–Crippen LogP) is 2.31. The number of hydrogen-bond acceptors (Lipinski definition) is 4. The highest BCUT2D eigenvalue weighted by Crippen LogP contribution is 2.21. The van der Waals surface area contributed by atoms with Crippen LogP contribution in [0.5, 0.6) is 0 Å². The summed E-state index contributed by atoms with van der Waals surface area (Å²) in [5, 5.41) is 3.42. The predicted molar refractivity (Wildman–Crippen MR) is 78.8 cm³/mol. The first kappa shape index (κ1) is 12.8. The molecule has 2 aromatic heterocycles. The van der Waals surface area contributed by atoms with Gasteiger partial charge in [0.05, 0.1) is 16.5 Å². The molecule has 0 spiro atoms. The van der Waals surface area contributed by atoms with E-state index in [2.05, 4.69) is 15.3 Å². The second-order valence-corrected chi connectivity index (χ2v) is 5.43. The molecule has 0 atom stereocenters. The molecular formula is C14H14N4OS. The van der Waals surface area contributed by atoms with Crippen LogP contribution < -0.4 is 5.32 Å². The Morgan fingerprint density at radius 3 is 3.05 bits per heavy atom. The Hall–Kier alpha value is -2.21. The van der Waals surface area contributed by atoms with Crippen LogP contribution in [0.3, 0.4) is 0 Å². The number of carbonyl (C=O) groups excluding carboxylic acids is 1. The fourth-order valence-corrected chi connectivity index (χ4v) is 2.81. The normalized spacial score (nSPS) is 10.8. The zero-order chi connectivity index (χ0) is 13.8. The number of amides is 1. The summed E-state index contributed by atoms with van der Waals surface area (Å²) in [7, 11) is 0. The first-order valence-corrected chi connectivity index (χ1v) is 7.24. The third-order valence-electron chi connectivity index (χ3n) is 2.93. The minimum Gasteiger partial charge on any atom is -0.350 e. The molecule has 0 saturated heterocycles. The first-order chi connectivity index (χ1) is 9.83. The number of rotatable bonds is 5. The van der Waals surface area contributed by atoms with Crippen molar-refractivity contribution in [3.63, 3.8) is 0 Å². The average molecular weight is 286 g/mol. The molecular weight excluding hydrogens is 272 g/mol. The molecule has 102 valence electrons. The Labute approximate surface area is 120 Å². The van der Waals surface area contributed by atoms with E-state index in [1.165, 1.54) is 11.3 Å². The summed E-state index contributed by atoms with van der Waals surface area (Å²) in [5.41, 5.74) is 0.876. The Balaban J connectivity index is 1.53. The van der Waals surface area contributed by atoms with E-state index in [1.807, 2.05) is 35.0 Å². The maximum atomic E-state index is 12.0. The largest absolute Gasteiger partial charge is 0.350 e. The molecule has 0 radical (unpaired) electrons. The van der Waals surface area contributed by atoms with Gasteiger partial charge in [0.15, 0.2) is 5.01 Å². The monoisotopic (exact) mass is 286 g/mol. The number of nitrogens with zero attached hydrogens (tertiary/aromatic N) is 3. The molecule has 3 aromatic rings. The Kier molecular flexibility index (Phi) is 3.73. The van der Waals surface area contributed by atoms with Crippen LogP contribution >= 0.6 is 11.3 Å². The van der Waals surface area contributed by atoms with Crippen molar-refractivity contribution >= 4 is 27.5 Å². The van der Waals surface area contributed by atoms with E-state index in [4.69, 9.17) is 0 Å². The molecule has 0 bridgehead atoms. The zero-order valence-corrected chi connectivity index (χ0v) is 11.6. The molecule has 0 aliphatic carbocycles. The SMILES string of the molecule is O=C(NCCCn1ccnc1)c1nc2ccccc2s1. The number of aryl methyl sites for hydroxylation is 1. The molecule has 20 heavy (non-hydrogen) atoms. The number of benzene rings is 1. The van der Waals surface area contributed by atoms with Crippen molar-refractivity contribution in [1.29, 1.82) is 0 Å². The van der Waals surface area contributed by atoms with Gasteiger partial charge < -0.3 is 9.88 Å². The molecule has 6 heteroatoms. The first-order valence-electron chi connectivity index (χ1n) is 6.42. The van der Waals surface area contributed by atoms with Crippen LogP contribution in [-0.4, -0.2) is 27.0 Å². The summed E-state index contributed by atoms with van der Waals surface area (Å²) >= 11 is 1.42. The van der Waals surface area contributed by atoms with Gasteiger partial charge in [0, 0.05) is 25.5 Å². The van der Waals surface area contributed by atoms with Crippen LogP contribution in [0.25, 0.3) is 10.2 Å². The third kappa shape index (κ3) is 2.85. The maximum Gasteiger partial charge on any atom is 0.280 e. The van der Waals surface area contributed by atoms with Gasteiger partial charge in [-0.2, -0.15) is 0 Å². The van der Waals surface area contributed by atoms with Gasteiger partial charge >= 0.3 is 0 Å². The third-order valence-corrected chi connectivity index (χ3v) is 3.96.